The molecule has 0 aromatic heterocycles. The van der Waals surface area contributed by atoms with E-state index in [1.165, 1.54) is 0 Å². The zero-order valence-corrected chi connectivity index (χ0v) is 20.7. The van der Waals surface area contributed by atoms with Crippen molar-refractivity contribution in [3.05, 3.63) is 42.0 Å². The fraction of sp³-hybridized carbons (Fsp3) is 0.654. The average molecular weight is 496 g/mol. The summed E-state index contributed by atoms with van der Waals surface area (Å²) in [4.78, 5) is 14.2. The number of halogens is 1. The second-order valence-corrected chi connectivity index (χ2v) is 9.68. The van der Waals surface area contributed by atoms with E-state index >= 15 is 0 Å². The SMILES string of the molecule is CC(O)c1ccc(OC[C@@H]2[C@@H](C/C=C\CCC(=O)OCCN3CCOCC3)[C@H](Cl)C[C@H]2O)cc1. The lowest BCUT2D eigenvalue weighted by molar-refractivity contribution is -0.144. The van der Waals surface area contributed by atoms with Gasteiger partial charge in [0.15, 0.2) is 0 Å². The lowest BCUT2D eigenvalue weighted by atomic mass is 9.92. The number of morpholine rings is 1. The largest absolute Gasteiger partial charge is 0.493 e. The van der Waals surface area contributed by atoms with Crippen LogP contribution in [0.2, 0.25) is 0 Å². The maximum absolute atomic E-state index is 11.9. The molecule has 190 valence electrons. The summed E-state index contributed by atoms with van der Waals surface area (Å²) in [6, 6.07) is 7.33. The molecule has 0 spiro atoms. The van der Waals surface area contributed by atoms with Crippen LogP contribution in [0, 0.1) is 11.8 Å². The molecule has 0 amide bonds. The van der Waals surface area contributed by atoms with Crippen molar-refractivity contribution in [3.63, 3.8) is 0 Å². The molecule has 2 fully saturated rings. The molecule has 1 aromatic carbocycles. The smallest absolute Gasteiger partial charge is 0.306 e. The Hall–Kier alpha value is -1.64. The molecule has 2 aliphatic rings. The van der Waals surface area contributed by atoms with Gasteiger partial charge in [-0.05, 0) is 49.8 Å². The van der Waals surface area contributed by atoms with Gasteiger partial charge in [0, 0.05) is 37.4 Å². The number of esters is 1. The standard InChI is InChI=1S/C26H38ClNO6/c1-19(29)20-7-9-21(10-8-20)34-18-23-22(24(27)17-25(23)30)5-3-2-4-6-26(31)33-16-13-28-11-14-32-15-12-28/h2-3,7-10,19,22-25,29-30H,4-6,11-18H2,1H3/b3-2-/t19?,22-,23-,24-,25-/m1/s1. The minimum absolute atomic E-state index is 0.0613. The zero-order chi connectivity index (χ0) is 24.3. The Labute approximate surface area is 207 Å². The third-order valence-corrected chi connectivity index (χ3v) is 7.15. The Morgan fingerprint density at radius 1 is 1.24 bits per heavy atom. The van der Waals surface area contributed by atoms with E-state index in [-0.39, 0.29) is 23.2 Å². The molecule has 0 bridgehead atoms. The van der Waals surface area contributed by atoms with Crippen LogP contribution in [0.4, 0.5) is 0 Å². The number of alkyl halides is 1. The van der Waals surface area contributed by atoms with Crippen LogP contribution < -0.4 is 4.74 Å². The van der Waals surface area contributed by atoms with Crippen molar-refractivity contribution in [2.75, 3.05) is 46.1 Å². The highest BCUT2D eigenvalue weighted by Gasteiger charge is 2.41. The van der Waals surface area contributed by atoms with Gasteiger partial charge in [-0.15, -0.1) is 11.6 Å². The summed E-state index contributed by atoms with van der Waals surface area (Å²) in [5.41, 5.74) is 0.832. The third kappa shape index (κ3) is 8.54. The highest BCUT2D eigenvalue weighted by Crippen LogP contribution is 2.39. The second-order valence-electron chi connectivity index (χ2n) is 9.12. The van der Waals surface area contributed by atoms with Crippen molar-refractivity contribution >= 4 is 17.6 Å². The fourth-order valence-electron chi connectivity index (χ4n) is 4.48. The molecular formula is C26H38ClNO6. The Balaban J connectivity index is 1.35. The van der Waals surface area contributed by atoms with Gasteiger partial charge >= 0.3 is 5.97 Å². The number of rotatable bonds is 12. The molecule has 34 heavy (non-hydrogen) atoms. The summed E-state index contributed by atoms with van der Waals surface area (Å²) in [5, 5.41) is 20.0. The number of hydrogen-bond acceptors (Lipinski definition) is 7. The highest BCUT2D eigenvalue weighted by atomic mass is 35.5. The van der Waals surface area contributed by atoms with Gasteiger partial charge in [0.05, 0.1) is 32.0 Å². The van der Waals surface area contributed by atoms with Gasteiger partial charge in [-0.25, -0.2) is 0 Å². The summed E-state index contributed by atoms with van der Waals surface area (Å²) in [6.07, 6.45) is 5.27. The molecule has 1 aliphatic carbocycles. The van der Waals surface area contributed by atoms with Crippen molar-refractivity contribution in [1.82, 2.24) is 4.90 Å². The van der Waals surface area contributed by atoms with Gasteiger partial charge < -0.3 is 24.4 Å². The van der Waals surface area contributed by atoms with Crippen LogP contribution in [0.5, 0.6) is 5.75 Å². The van der Waals surface area contributed by atoms with Crippen molar-refractivity contribution in [2.24, 2.45) is 11.8 Å². The number of aliphatic hydroxyl groups is 2. The van der Waals surface area contributed by atoms with E-state index in [4.69, 9.17) is 25.8 Å². The number of carbonyl (C=O) groups excluding carboxylic acids is 1. The van der Waals surface area contributed by atoms with E-state index in [9.17, 15) is 15.0 Å². The number of nitrogens with zero attached hydrogens (tertiary/aromatic N) is 1. The minimum Gasteiger partial charge on any atom is -0.493 e. The summed E-state index contributed by atoms with van der Waals surface area (Å²) in [6.45, 7) is 6.53. The molecule has 1 saturated carbocycles. The second kappa shape index (κ2) is 14.0. The molecule has 1 unspecified atom stereocenters. The molecular weight excluding hydrogens is 458 g/mol. The van der Waals surface area contributed by atoms with E-state index in [2.05, 4.69) is 4.90 Å². The molecule has 5 atom stereocenters. The number of ether oxygens (including phenoxy) is 3. The lowest BCUT2D eigenvalue weighted by Crippen LogP contribution is -2.38. The van der Waals surface area contributed by atoms with Crippen molar-refractivity contribution in [1.29, 1.82) is 0 Å². The maximum atomic E-state index is 11.9. The Morgan fingerprint density at radius 2 is 1.97 bits per heavy atom. The number of hydrogen-bond donors (Lipinski definition) is 2. The van der Waals surface area contributed by atoms with E-state index in [1.54, 1.807) is 6.92 Å². The summed E-state index contributed by atoms with van der Waals surface area (Å²) >= 11 is 6.53. The third-order valence-electron chi connectivity index (χ3n) is 6.64. The molecule has 1 aromatic rings. The van der Waals surface area contributed by atoms with Crippen LogP contribution in [0.25, 0.3) is 0 Å². The minimum atomic E-state index is -0.518. The summed E-state index contributed by atoms with van der Waals surface area (Å²) in [5.74, 6) is 0.562. The first kappa shape index (κ1) is 27.0. The Kier molecular flexibility index (Phi) is 11.1. The van der Waals surface area contributed by atoms with Crippen LogP contribution >= 0.6 is 11.6 Å². The van der Waals surface area contributed by atoms with Gasteiger partial charge in [0.2, 0.25) is 0 Å². The molecule has 3 rings (SSSR count). The monoisotopic (exact) mass is 495 g/mol. The molecule has 8 heteroatoms. The normalized spacial score (nSPS) is 26.6. The topological polar surface area (TPSA) is 88.5 Å². The van der Waals surface area contributed by atoms with Gasteiger partial charge in [0.25, 0.3) is 0 Å². The summed E-state index contributed by atoms with van der Waals surface area (Å²) < 4.78 is 16.6. The number of benzene rings is 1. The van der Waals surface area contributed by atoms with E-state index in [0.29, 0.717) is 38.2 Å². The van der Waals surface area contributed by atoms with Crippen LogP contribution in [0.15, 0.2) is 36.4 Å². The predicted molar refractivity (Wildman–Crippen MR) is 131 cm³/mol. The van der Waals surface area contributed by atoms with E-state index in [0.717, 1.165) is 44.8 Å². The number of carbonyl (C=O) groups is 1. The van der Waals surface area contributed by atoms with E-state index in [1.807, 2.05) is 36.4 Å². The first-order valence-electron chi connectivity index (χ1n) is 12.3. The highest BCUT2D eigenvalue weighted by molar-refractivity contribution is 6.21. The van der Waals surface area contributed by atoms with Gasteiger partial charge in [0.1, 0.15) is 12.4 Å². The number of allylic oxidation sites excluding steroid dienone is 2. The van der Waals surface area contributed by atoms with Crippen molar-refractivity contribution < 1.29 is 29.2 Å². The average Bonchev–Trinajstić information content (AvgIpc) is 3.10. The molecule has 2 N–H and O–H groups in total. The predicted octanol–water partition coefficient (Wildman–Crippen LogP) is 3.33. The summed E-state index contributed by atoms with van der Waals surface area (Å²) in [7, 11) is 0. The maximum Gasteiger partial charge on any atom is 0.306 e. The molecule has 1 heterocycles. The van der Waals surface area contributed by atoms with Gasteiger partial charge in [-0.3, -0.25) is 9.69 Å². The fourth-order valence-corrected chi connectivity index (χ4v) is 4.96. The zero-order valence-electron chi connectivity index (χ0n) is 20.0. The first-order valence-corrected chi connectivity index (χ1v) is 12.7. The molecule has 1 saturated heterocycles. The lowest BCUT2D eigenvalue weighted by Gasteiger charge is -2.26. The van der Waals surface area contributed by atoms with Gasteiger partial charge in [-0.2, -0.15) is 0 Å². The van der Waals surface area contributed by atoms with Crippen LogP contribution in [0.1, 0.15) is 44.3 Å². The number of aliphatic hydroxyl groups excluding tert-OH is 2. The van der Waals surface area contributed by atoms with E-state index < -0.39 is 12.2 Å². The quantitative estimate of drug-likeness (QED) is 0.261. The van der Waals surface area contributed by atoms with Crippen LogP contribution in [-0.4, -0.2) is 78.6 Å². The molecule has 1 aliphatic heterocycles. The Morgan fingerprint density at radius 3 is 2.68 bits per heavy atom. The van der Waals surface area contributed by atoms with Crippen molar-refractivity contribution in [2.45, 2.75) is 50.2 Å². The molecule has 0 radical (unpaired) electrons. The molecule has 7 nitrogen and oxygen atoms in total. The van der Waals surface area contributed by atoms with Crippen molar-refractivity contribution in [3.8, 4) is 5.75 Å². The Bertz CT molecular complexity index is 765. The van der Waals surface area contributed by atoms with Gasteiger partial charge in [-0.1, -0.05) is 24.3 Å². The van der Waals surface area contributed by atoms with Crippen LogP contribution in [0.3, 0.4) is 0 Å². The van der Waals surface area contributed by atoms with Crippen LogP contribution in [-0.2, 0) is 14.3 Å². The first-order chi connectivity index (χ1) is 16.4.